The van der Waals surface area contributed by atoms with Crippen molar-refractivity contribution >= 4 is 17.5 Å². The van der Waals surface area contributed by atoms with Crippen LogP contribution in [0.1, 0.15) is 19.5 Å². The van der Waals surface area contributed by atoms with Gasteiger partial charge in [0.05, 0.1) is 7.11 Å². The molecule has 5 heteroatoms. The fraction of sp³-hybridized carbons (Fsp3) is 0.333. The molecule has 0 aliphatic rings. The lowest BCUT2D eigenvalue weighted by atomic mass is 10.3. The molecule has 2 rings (SSSR count). The van der Waals surface area contributed by atoms with Crippen molar-refractivity contribution in [3.05, 3.63) is 36.0 Å². The van der Waals surface area contributed by atoms with Gasteiger partial charge >= 0.3 is 0 Å². The first-order valence-corrected chi connectivity index (χ1v) is 6.60. The zero-order valence-electron chi connectivity index (χ0n) is 12.3. The van der Waals surface area contributed by atoms with Crippen LogP contribution >= 0.6 is 0 Å². The molecule has 1 aromatic carbocycles. The van der Waals surface area contributed by atoms with Crippen molar-refractivity contribution in [2.75, 3.05) is 17.7 Å². The minimum absolute atomic E-state index is 0.328. The Morgan fingerprint density at radius 3 is 2.65 bits per heavy atom. The van der Waals surface area contributed by atoms with E-state index in [4.69, 9.17) is 4.74 Å². The average molecular weight is 272 g/mol. The lowest BCUT2D eigenvalue weighted by molar-refractivity contribution is 0.415. The van der Waals surface area contributed by atoms with E-state index in [1.54, 1.807) is 7.11 Å². The molecule has 0 aliphatic heterocycles. The van der Waals surface area contributed by atoms with Crippen LogP contribution in [0.15, 0.2) is 30.3 Å². The Balaban J connectivity index is 2.21. The van der Waals surface area contributed by atoms with E-state index in [-0.39, 0.29) is 0 Å². The Hall–Kier alpha value is -2.30. The first-order chi connectivity index (χ1) is 9.56. The summed E-state index contributed by atoms with van der Waals surface area (Å²) in [6.45, 7) is 6.10. The summed E-state index contributed by atoms with van der Waals surface area (Å²) in [6, 6.07) is 9.93. The van der Waals surface area contributed by atoms with Crippen LogP contribution in [0.5, 0.6) is 5.75 Å². The fourth-order valence-electron chi connectivity index (χ4n) is 1.82. The van der Waals surface area contributed by atoms with Gasteiger partial charge in [0.1, 0.15) is 11.6 Å². The highest BCUT2D eigenvalue weighted by molar-refractivity contribution is 5.57. The number of methoxy groups -OCH3 is 1. The summed E-state index contributed by atoms with van der Waals surface area (Å²) in [5.74, 6) is 2.18. The van der Waals surface area contributed by atoms with Crippen LogP contribution in [0, 0.1) is 6.92 Å². The Bertz CT molecular complexity index is 584. The van der Waals surface area contributed by atoms with Gasteiger partial charge in [0, 0.05) is 29.6 Å². The summed E-state index contributed by atoms with van der Waals surface area (Å²) in [7, 11) is 1.65. The SMILES string of the molecule is COc1cccc(Nc2nc(C)cc(NC(C)C)n2)c1. The standard InChI is InChI=1S/C15H20N4O/c1-10(2)16-14-8-11(3)17-15(19-14)18-12-6-5-7-13(9-12)20-4/h5-10H,1-4H3,(H2,16,17,18,19). The van der Waals surface area contributed by atoms with Crippen LogP contribution in [-0.4, -0.2) is 23.1 Å². The van der Waals surface area contributed by atoms with E-state index < -0.39 is 0 Å². The summed E-state index contributed by atoms with van der Waals surface area (Å²) in [5, 5.41) is 6.47. The molecule has 5 nitrogen and oxygen atoms in total. The van der Waals surface area contributed by atoms with Crippen molar-refractivity contribution < 1.29 is 4.74 Å². The van der Waals surface area contributed by atoms with Gasteiger partial charge in [-0.1, -0.05) is 6.07 Å². The Morgan fingerprint density at radius 1 is 1.15 bits per heavy atom. The maximum Gasteiger partial charge on any atom is 0.229 e. The van der Waals surface area contributed by atoms with Crippen LogP contribution in [0.25, 0.3) is 0 Å². The van der Waals surface area contributed by atoms with Gasteiger partial charge in [-0.05, 0) is 32.9 Å². The third-order valence-electron chi connectivity index (χ3n) is 2.62. The van der Waals surface area contributed by atoms with Crippen LogP contribution in [-0.2, 0) is 0 Å². The summed E-state index contributed by atoms with van der Waals surface area (Å²) >= 11 is 0. The minimum atomic E-state index is 0.328. The fourth-order valence-corrected chi connectivity index (χ4v) is 1.82. The lowest BCUT2D eigenvalue weighted by Crippen LogP contribution is -2.12. The second-order valence-corrected chi connectivity index (χ2v) is 4.87. The molecule has 0 aliphatic carbocycles. The van der Waals surface area contributed by atoms with E-state index in [2.05, 4.69) is 34.4 Å². The van der Waals surface area contributed by atoms with Crippen molar-refractivity contribution in [3.8, 4) is 5.75 Å². The summed E-state index contributed by atoms with van der Waals surface area (Å²) < 4.78 is 5.20. The number of rotatable bonds is 5. The van der Waals surface area contributed by atoms with Gasteiger partial charge in [0.2, 0.25) is 5.95 Å². The Morgan fingerprint density at radius 2 is 1.95 bits per heavy atom. The predicted octanol–water partition coefficient (Wildman–Crippen LogP) is 3.36. The molecule has 0 unspecified atom stereocenters. The first-order valence-electron chi connectivity index (χ1n) is 6.60. The van der Waals surface area contributed by atoms with Gasteiger partial charge < -0.3 is 15.4 Å². The molecule has 2 aromatic rings. The van der Waals surface area contributed by atoms with Crippen molar-refractivity contribution in [3.63, 3.8) is 0 Å². The van der Waals surface area contributed by atoms with Gasteiger partial charge in [-0.3, -0.25) is 0 Å². The predicted molar refractivity (Wildman–Crippen MR) is 81.8 cm³/mol. The maximum absolute atomic E-state index is 5.20. The van der Waals surface area contributed by atoms with Crippen molar-refractivity contribution in [2.24, 2.45) is 0 Å². The third kappa shape index (κ3) is 3.85. The minimum Gasteiger partial charge on any atom is -0.497 e. The molecule has 0 radical (unpaired) electrons. The van der Waals surface area contributed by atoms with Gasteiger partial charge in [0.15, 0.2) is 0 Å². The number of benzene rings is 1. The molecule has 0 saturated heterocycles. The van der Waals surface area contributed by atoms with Gasteiger partial charge in [-0.15, -0.1) is 0 Å². The Labute approximate surface area is 119 Å². The highest BCUT2D eigenvalue weighted by Crippen LogP contribution is 2.20. The average Bonchev–Trinajstić information content (AvgIpc) is 2.37. The monoisotopic (exact) mass is 272 g/mol. The number of anilines is 3. The zero-order valence-corrected chi connectivity index (χ0v) is 12.3. The van der Waals surface area contributed by atoms with E-state index in [9.17, 15) is 0 Å². The number of hydrogen-bond acceptors (Lipinski definition) is 5. The summed E-state index contributed by atoms with van der Waals surface area (Å²) in [5.41, 5.74) is 1.80. The number of aromatic nitrogens is 2. The summed E-state index contributed by atoms with van der Waals surface area (Å²) in [4.78, 5) is 8.84. The molecule has 0 amide bonds. The number of hydrogen-bond donors (Lipinski definition) is 2. The quantitative estimate of drug-likeness (QED) is 0.874. The van der Waals surface area contributed by atoms with E-state index in [0.29, 0.717) is 12.0 Å². The molecule has 106 valence electrons. The topological polar surface area (TPSA) is 59.1 Å². The van der Waals surface area contributed by atoms with Crippen molar-refractivity contribution in [2.45, 2.75) is 26.8 Å². The molecule has 0 atom stereocenters. The third-order valence-corrected chi connectivity index (χ3v) is 2.62. The maximum atomic E-state index is 5.20. The number of ether oxygens (including phenoxy) is 1. The first kappa shape index (κ1) is 14.1. The number of nitrogens with one attached hydrogen (secondary N) is 2. The molecule has 0 spiro atoms. The molecule has 0 fully saturated rings. The molecule has 2 N–H and O–H groups in total. The Kier molecular flexibility index (Phi) is 4.40. The van der Waals surface area contributed by atoms with Gasteiger partial charge in [-0.25, -0.2) is 4.98 Å². The normalized spacial score (nSPS) is 10.4. The largest absolute Gasteiger partial charge is 0.497 e. The van der Waals surface area contributed by atoms with Gasteiger partial charge in [-0.2, -0.15) is 4.98 Å². The molecular weight excluding hydrogens is 252 g/mol. The molecule has 20 heavy (non-hydrogen) atoms. The number of aryl methyl sites for hydroxylation is 1. The van der Waals surface area contributed by atoms with Crippen molar-refractivity contribution in [1.29, 1.82) is 0 Å². The molecular formula is C15H20N4O. The van der Waals surface area contributed by atoms with E-state index in [1.807, 2.05) is 37.3 Å². The highest BCUT2D eigenvalue weighted by Gasteiger charge is 2.04. The summed E-state index contributed by atoms with van der Waals surface area (Å²) in [6.07, 6.45) is 0. The van der Waals surface area contributed by atoms with E-state index >= 15 is 0 Å². The molecule has 1 aromatic heterocycles. The smallest absolute Gasteiger partial charge is 0.229 e. The highest BCUT2D eigenvalue weighted by atomic mass is 16.5. The van der Waals surface area contributed by atoms with E-state index in [0.717, 1.165) is 22.9 Å². The van der Waals surface area contributed by atoms with Crippen LogP contribution in [0.3, 0.4) is 0 Å². The molecule has 0 saturated carbocycles. The van der Waals surface area contributed by atoms with E-state index in [1.165, 1.54) is 0 Å². The van der Waals surface area contributed by atoms with Gasteiger partial charge in [0.25, 0.3) is 0 Å². The second-order valence-electron chi connectivity index (χ2n) is 4.87. The second kappa shape index (κ2) is 6.23. The van der Waals surface area contributed by atoms with Crippen LogP contribution in [0.2, 0.25) is 0 Å². The zero-order chi connectivity index (χ0) is 14.5. The molecule has 0 bridgehead atoms. The van der Waals surface area contributed by atoms with Crippen LogP contribution in [0.4, 0.5) is 17.5 Å². The van der Waals surface area contributed by atoms with Crippen LogP contribution < -0.4 is 15.4 Å². The lowest BCUT2D eigenvalue weighted by Gasteiger charge is -2.12. The van der Waals surface area contributed by atoms with Crippen molar-refractivity contribution in [1.82, 2.24) is 9.97 Å². The number of nitrogens with zero attached hydrogens (tertiary/aromatic N) is 2. The molecule has 1 heterocycles.